The maximum absolute atomic E-state index is 12.3. The average molecular weight is 369 g/mol. The van der Waals surface area contributed by atoms with Crippen LogP contribution in [0.1, 0.15) is 10.4 Å². The van der Waals surface area contributed by atoms with Crippen LogP contribution in [0.5, 0.6) is 11.5 Å². The third-order valence-electron chi connectivity index (χ3n) is 3.79. The van der Waals surface area contributed by atoms with Gasteiger partial charge in [0.05, 0.1) is 0 Å². The zero-order valence-corrected chi connectivity index (χ0v) is 14.7. The summed E-state index contributed by atoms with van der Waals surface area (Å²) in [6, 6.07) is 12.7. The average Bonchev–Trinajstić information content (AvgIpc) is 3.16. The van der Waals surface area contributed by atoms with Gasteiger partial charge in [0.1, 0.15) is 13.2 Å². The van der Waals surface area contributed by atoms with Crippen molar-refractivity contribution in [3.8, 4) is 23.0 Å². The number of nitrogens with zero attached hydrogens (tertiary/aromatic N) is 2. The largest absolute Gasteiger partial charge is 0.486 e. The lowest BCUT2D eigenvalue weighted by atomic mass is 10.2. The Kier molecular flexibility index (Phi) is 4.49. The number of hydrogen-bond donors (Lipinski definition) is 1. The minimum Gasteiger partial charge on any atom is -0.486 e. The molecule has 1 N–H and O–H groups in total. The highest BCUT2D eigenvalue weighted by molar-refractivity contribution is 7.98. The number of rotatable bonds is 4. The van der Waals surface area contributed by atoms with Crippen molar-refractivity contribution in [3.05, 3.63) is 48.0 Å². The molecule has 0 radical (unpaired) electrons. The van der Waals surface area contributed by atoms with Crippen molar-refractivity contribution in [3.63, 3.8) is 0 Å². The van der Waals surface area contributed by atoms with Crippen LogP contribution < -0.4 is 14.8 Å². The molecule has 7 nitrogen and oxygen atoms in total. The summed E-state index contributed by atoms with van der Waals surface area (Å²) in [6.45, 7) is 1.03. The Bertz CT molecular complexity index is 940. The Balaban J connectivity index is 1.50. The molecule has 0 spiro atoms. The molecule has 1 aliphatic rings. The fourth-order valence-electron chi connectivity index (χ4n) is 2.48. The number of thioether (sulfide) groups is 1. The van der Waals surface area contributed by atoms with Gasteiger partial charge in [-0.1, -0.05) is 5.10 Å². The smallest absolute Gasteiger partial charge is 0.322 e. The summed E-state index contributed by atoms with van der Waals surface area (Å²) in [4.78, 5) is 13.4. The number of ether oxygens (including phenoxy) is 2. The maximum atomic E-state index is 12.3. The van der Waals surface area contributed by atoms with Crippen LogP contribution in [-0.4, -0.2) is 35.6 Å². The molecular formula is C18H15N3O4S. The van der Waals surface area contributed by atoms with Gasteiger partial charge in [-0.25, -0.2) is 0 Å². The molecule has 0 saturated carbocycles. The lowest BCUT2D eigenvalue weighted by Crippen LogP contribution is -2.15. The number of aromatic nitrogens is 2. The molecule has 4 rings (SSSR count). The monoisotopic (exact) mass is 369 g/mol. The number of carbonyl (C=O) groups is 1. The molecule has 1 aliphatic heterocycles. The molecule has 2 aromatic carbocycles. The molecule has 1 amide bonds. The number of anilines is 1. The molecule has 2 heterocycles. The van der Waals surface area contributed by atoms with E-state index in [1.54, 1.807) is 42.1 Å². The topological polar surface area (TPSA) is 86.5 Å². The molecule has 0 atom stereocenters. The number of benzene rings is 2. The number of carbonyl (C=O) groups excluding carboxylic acids is 1. The summed E-state index contributed by atoms with van der Waals surface area (Å²) in [6.07, 6.45) is 1.98. The summed E-state index contributed by atoms with van der Waals surface area (Å²) in [5.41, 5.74) is 1.20. The highest BCUT2D eigenvalue weighted by Gasteiger charge is 2.16. The van der Waals surface area contributed by atoms with Gasteiger partial charge in [-0.3, -0.25) is 10.1 Å². The van der Waals surface area contributed by atoms with Crippen LogP contribution >= 0.6 is 11.8 Å². The van der Waals surface area contributed by atoms with Gasteiger partial charge in [0.2, 0.25) is 5.89 Å². The zero-order chi connectivity index (χ0) is 17.9. The van der Waals surface area contributed by atoms with Crippen LogP contribution in [-0.2, 0) is 0 Å². The second-order valence-electron chi connectivity index (χ2n) is 5.45. The third-order valence-corrected chi connectivity index (χ3v) is 4.53. The Morgan fingerprint density at radius 3 is 2.58 bits per heavy atom. The van der Waals surface area contributed by atoms with Crippen molar-refractivity contribution in [2.45, 2.75) is 4.90 Å². The third kappa shape index (κ3) is 3.36. The Morgan fingerprint density at radius 1 is 1.04 bits per heavy atom. The van der Waals surface area contributed by atoms with E-state index in [9.17, 15) is 4.79 Å². The van der Waals surface area contributed by atoms with Crippen molar-refractivity contribution < 1.29 is 18.7 Å². The van der Waals surface area contributed by atoms with Gasteiger partial charge in [0.25, 0.3) is 5.91 Å². The number of fused-ring (bicyclic) bond motifs is 1. The lowest BCUT2D eigenvalue weighted by molar-refractivity contribution is 0.102. The number of hydrogen-bond acceptors (Lipinski definition) is 7. The summed E-state index contributed by atoms with van der Waals surface area (Å²) < 4.78 is 16.6. The summed E-state index contributed by atoms with van der Waals surface area (Å²) in [7, 11) is 0. The molecule has 3 aromatic rings. The number of amides is 1. The van der Waals surface area contributed by atoms with Crippen molar-refractivity contribution in [1.82, 2.24) is 10.2 Å². The van der Waals surface area contributed by atoms with Crippen LogP contribution in [0.2, 0.25) is 0 Å². The van der Waals surface area contributed by atoms with Crippen molar-refractivity contribution >= 4 is 23.7 Å². The van der Waals surface area contributed by atoms with Gasteiger partial charge in [-0.15, -0.1) is 16.9 Å². The van der Waals surface area contributed by atoms with Gasteiger partial charge in [-0.05, 0) is 48.7 Å². The van der Waals surface area contributed by atoms with Gasteiger partial charge in [-0.2, -0.15) is 0 Å². The molecule has 0 saturated heterocycles. The van der Waals surface area contributed by atoms with Crippen LogP contribution in [0, 0.1) is 0 Å². The van der Waals surface area contributed by atoms with Crippen LogP contribution in [0.15, 0.2) is 51.8 Å². The van der Waals surface area contributed by atoms with E-state index in [0.29, 0.717) is 35.8 Å². The van der Waals surface area contributed by atoms with Crippen molar-refractivity contribution in [2.75, 3.05) is 24.8 Å². The summed E-state index contributed by atoms with van der Waals surface area (Å²) >= 11 is 1.61. The molecule has 0 fully saturated rings. The van der Waals surface area contributed by atoms with E-state index in [2.05, 4.69) is 15.5 Å². The first-order valence-corrected chi connectivity index (χ1v) is 9.14. The maximum Gasteiger partial charge on any atom is 0.322 e. The van der Waals surface area contributed by atoms with E-state index >= 15 is 0 Å². The normalized spacial score (nSPS) is 12.7. The van der Waals surface area contributed by atoms with E-state index in [4.69, 9.17) is 13.9 Å². The SMILES string of the molecule is CSc1ccc(C(=O)Nc2nnc(-c3ccc4c(c3)OCCO4)o2)cc1. The van der Waals surface area contributed by atoms with E-state index in [1.165, 1.54) is 0 Å². The highest BCUT2D eigenvalue weighted by Crippen LogP contribution is 2.34. The molecule has 0 aliphatic carbocycles. The molecule has 0 bridgehead atoms. The molecule has 132 valence electrons. The van der Waals surface area contributed by atoms with Crippen molar-refractivity contribution in [2.24, 2.45) is 0 Å². The first-order chi connectivity index (χ1) is 12.7. The van der Waals surface area contributed by atoms with E-state index in [1.807, 2.05) is 18.4 Å². The van der Waals surface area contributed by atoms with Crippen LogP contribution in [0.4, 0.5) is 6.01 Å². The van der Waals surface area contributed by atoms with E-state index in [-0.39, 0.29) is 17.8 Å². The molecule has 26 heavy (non-hydrogen) atoms. The second kappa shape index (κ2) is 7.09. The fraction of sp³-hybridized carbons (Fsp3) is 0.167. The molecule has 0 unspecified atom stereocenters. The predicted octanol–water partition coefficient (Wildman–Crippen LogP) is 3.48. The summed E-state index contributed by atoms with van der Waals surface area (Å²) in [5.74, 6) is 1.29. The van der Waals surface area contributed by atoms with Gasteiger partial charge in [0.15, 0.2) is 11.5 Å². The molecule has 1 aromatic heterocycles. The van der Waals surface area contributed by atoms with Crippen LogP contribution in [0.3, 0.4) is 0 Å². The van der Waals surface area contributed by atoms with Crippen LogP contribution in [0.25, 0.3) is 11.5 Å². The Labute approximate surface area is 153 Å². The highest BCUT2D eigenvalue weighted by atomic mass is 32.2. The molecular weight excluding hydrogens is 354 g/mol. The quantitative estimate of drug-likeness (QED) is 0.705. The van der Waals surface area contributed by atoms with E-state index < -0.39 is 0 Å². The van der Waals surface area contributed by atoms with Gasteiger partial charge >= 0.3 is 6.01 Å². The lowest BCUT2D eigenvalue weighted by Gasteiger charge is -2.18. The first-order valence-electron chi connectivity index (χ1n) is 7.92. The number of nitrogens with one attached hydrogen (secondary N) is 1. The van der Waals surface area contributed by atoms with Crippen molar-refractivity contribution in [1.29, 1.82) is 0 Å². The molecule has 8 heteroatoms. The van der Waals surface area contributed by atoms with Gasteiger partial charge < -0.3 is 13.9 Å². The van der Waals surface area contributed by atoms with Gasteiger partial charge in [0, 0.05) is 16.0 Å². The standard InChI is InChI=1S/C18H15N3O4S/c1-26-13-5-2-11(3-6-13)16(22)19-18-21-20-17(25-18)12-4-7-14-15(10-12)24-9-8-23-14/h2-7,10H,8-9H2,1H3,(H,19,21,22). The van der Waals surface area contributed by atoms with E-state index in [0.717, 1.165) is 4.90 Å². The predicted molar refractivity (Wildman–Crippen MR) is 96.9 cm³/mol. The Morgan fingerprint density at radius 2 is 1.81 bits per heavy atom. The minimum atomic E-state index is -0.310. The Hall–Kier alpha value is -3.00. The first kappa shape index (κ1) is 16.5. The summed E-state index contributed by atoms with van der Waals surface area (Å²) in [5, 5.41) is 10.5. The minimum absolute atomic E-state index is 0.0360. The fourth-order valence-corrected chi connectivity index (χ4v) is 2.89. The zero-order valence-electron chi connectivity index (χ0n) is 13.9. The second-order valence-corrected chi connectivity index (χ2v) is 6.33.